The summed E-state index contributed by atoms with van der Waals surface area (Å²) in [4.78, 5) is 31.2. The van der Waals surface area contributed by atoms with Gasteiger partial charge in [-0.25, -0.2) is 4.79 Å². The van der Waals surface area contributed by atoms with Crippen LogP contribution in [0.2, 0.25) is 10.0 Å². The molecule has 0 aliphatic rings. The van der Waals surface area contributed by atoms with Crippen molar-refractivity contribution in [3.63, 3.8) is 0 Å². The summed E-state index contributed by atoms with van der Waals surface area (Å²) in [6.07, 6.45) is 0.511. The number of nitrogens with zero attached hydrogens (tertiary/aromatic N) is 3. The predicted molar refractivity (Wildman–Crippen MR) is 120 cm³/mol. The molecular weight excluding hydrogens is 461 g/mol. The first-order valence-corrected chi connectivity index (χ1v) is 10.3. The number of fused-ring (bicyclic) bond motifs is 1. The van der Waals surface area contributed by atoms with Crippen molar-refractivity contribution in [3.05, 3.63) is 73.2 Å². The fraction of sp³-hybridized carbons (Fsp3) is 0.250. The second-order valence-corrected chi connectivity index (χ2v) is 7.85. The second-order valence-electron chi connectivity index (χ2n) is 7.01. The van der Waals surface area contributed by atoms with E-state index in [1.165, 1.54) is 28.5 Å². The molecule has 0 aliphatic carbocycles. The SMILES string of the molecule is Cn1c(=O)[nH]c(=O)c2c1nc(NCc1ccco1)n2CC(O)COc1ccc(Cl)cc1Cl. The molecule has 1 atom stereocenters. The number of furan rings is 1. The van der Waals surface area contributed by atoms with Gasteiger partial charge >= 0.3 is 5.69 Å². The number of hydrogen-bond donors (Lipinski definition) is 3. The Kier molecular flexibility index (Phi) is 6.26. The summed E-state index contributed by atoms with van der Waals surface area (Å²) in [6, 6.07) is 8.28. The highest BCUT2D eigenvalue weighted by molar-refractivity contribution is 6.35. The van der Waals surface area contributed by atoms with Crippen molar-refractivity contribution < 1.29 is 14.3 Å². The molecule has 0 saturated heterocycles. The van der Waals surface area contributed by atoms with Gasteiger partial charge in [0, 0.05) is 12.1 Å². The summed E-state index contributed by atoms with van der Waals surface area (Å²) >= 11 is 12.0. The molecule has 3 heterocycles. The number of anilines is 1. The zero-order valence-electron chi connectivity index (χ0n) is 16.8. The largest absolute Gasteiger partial charge is 0.489 e. The molecule has 32 heavy (non-hydrogen) atoms. The van der Waals surface area contributed by atoms with E-state index in [0.29, 0.717) is 21.6 Å². The zero-order valence-corrected chi connectivity index (χ0v) is 18.4. The Bertz CT molecular complexity index is 1360. The first-order chi connectivity index (χ1) is 15.3. The van der Waals surface area contributed by atoms with Crippen LogP contribution in [0.5, 0.6) is 5.75 Å². The topological polar surface area (TPSA) is 127 Å². The number of halogens is 2. The van der Waals surface area contributed by atoms with Gasteiger partial charge in [-0.05, 0) is 30.3 Å². The summed E-state index contributed by atoms with van der Waals surface area (Å²) in [5.41, 5.74) is -0.895. The fourth-order valence-corrected chi connectivity index (χ4v) is 3.63. The van der Waals surface area contributed by atoms with Gasteiger partial charge in [-0.3, -0.25) is 14.3 Å². The Balaban J connectivity index is 1.61. The van der Waals surface area contributed by atoms with Crippen LogP contribution in [0.4, 0.5) is 5.95 Å². The molecule has 0 fully saturated rings. The highest BCUT2D eigenvalue weighted by atomic mass is 35.5. The van der Waals surface area contributed by atoms with Crippen LogP contribution < -0.4 is 21.3 Å². The van der Waals surface area contributed by atoms with E-state index in [9.17, 15) is 14.7 Å². The van der Waals surface area contributed by atoms with E-state index in [0.717, 1.165) is 0 Å². The van der Waals surface area contributed by atoms with Gasteiger partial charge in [0.1, 0.15) is 24.2 Å². The number of H-pyrrole nitrogens is 1. The molecule has 0 bridgehead atoms. The van der Waals surface area contributed by atoms with Crippen LogP contribution in [0.25, 0.3) is 11.2 Å². The third-order valence-corrected chi connectivity index (χ3v) is 5.26. The Morgan fingerprint density at radius 3 is 2.84 bits per heavy atom. The number of hydrogen-bond acceptors (Lipinski definition) is 7. The van der Waals surface area contributed by atoms with Gasteiger partial charge in [0.2, 0.25) is 5.95 Å². The van der Waals surface area contributed by atoms with Crippen molar-refractivity contribution in [2.24, 2.45) is 7.05 Å². The molecule has 3 N–H and O–H groups in total. The molecular formula is C20H19Cl2N5O5. The standard InChI is InChI=1S/C20H19Cl2N5O5/c1-26-17-16(18(29)25-20(26)30)27(19(24-17)23-8-13-3-2-6-31-13)9-12(28)10-32-15-5-4-11(21)7-14(15)22/h2-7,12,28H,8-10H2,1H3,(H,23,24)(H,25,29,30). The first-order valence-electron chi connectivity index (χ1n) is 9.55. The number of imidazole rings is 1. The molecule has 0 spiro atoms. The van der Waals surface area contributed by atoms with Gasteiger partial charge in [0.15, 0.2) is 11.2 Å². The molecule has 1 aromatic carbocycles. The van der Waals surface area contributed by atoms with Crippen molar-refractivity contribution in [2.75, 3.05) is 11.9 Å². The number of benzene rings is 1. The number of aryl methyl sites for hydroxylation is 1. The number of rotatable bonds is 8. The van der Waals surface area contributed by atoms with E-state index in [-0.39, 0.29) is 36.8 Å². The molecule has 3 aromatic heterocycles. The summed E-state index contributed by atoms with van der Waals surface area (Å²) in [5, 5.41) is 14.5. The van der Waals surface area contributed by atoms with E-state index in [4.69, 9.17) is 32.4 Å². The summed E-state index contributed by atoms with van der Waals surface area (Å²) in [6.45, 7) is 0.140. The summed E-state index contributed by atoms with van der Waals surface area (Å²) < 4.78 is 13.6. The van der Waals surface area contributed by atoms with E-state index < -0.39 is 17.4 Å². The third kappa shape index (κ3) is 4.52. The molecule has 0 aliphatic heterocycles. The van der Waals surface area contributed by atoms with Crippen LogP contribution in [-0.4, -0.2) is 36.9 Å². The van der Waals surface area contributed by atoms with Crippen molar-refractivity contribution in [3.8, 4) is 5.75 Å². The fourth-order valence-electron chi connectivity index (χ4n) is 3.17. The highest BCUT2D eigenvalue weighted by Gasteiger charge is 2.20. The maximum atomic E-state index is 12.5. The van der Waals surface area contributed by atoms with Gasteiger partial charge in [0.05, 0.1) is 24.4 Å². The maximum absolute atomic E-state index is 12.5. The smallest absolute Gasteiger partial charge is 0.329 e. The van der Waals surface area contributed by atoms with Crippen LogP contribution in [-0.2, 0) is 20.1 Å². The Labute approximate surface area is 191 Å². The van der Waals surface area contributed by atoms with E-state index in [2.05, 4.69) is 15.3 Å². The average molecular weight is 480 g/mol. The number of aromatic nitrogens is 4. The predicted octanol–water partition coefficient (Wildman–Crippen LogP) is 2.38. The van der Waals surface area contributed by atoms with Crippen LogP contribution in [0.3, 0.4) is 0 Å². The average Bonchev–Trinajstić information content (AvgIpc) is 3.38. The van der Waals surface area contributed by atoms with Crippen LogP contribution >= 0.6 is 23.2 Å². The van der Waals surface area contributed by atoms with Crippen LogP contribution in [0, 0.1) is 0 Å². The van der Waals surface area contributed by atoms with Crippen molar-refractivity contribution in [2.45, 2.75) is 19.2 Å². The number of aliphatic hydroxyl groups is 1. The molecule has 0 radical (unpaired) electrons. The second kappa shape index (κ2) is 9.11. The van der Waals surface area contributed by atoms with Crippen molar-refractivity contribution >= 4 is 40.3 Å². The quantitative estimate of drug-likeness (QED) is 0.353. The Morgan fingerprint density at radius 1 is 1.31 bits per heavy atom. The van der Waals surface area contributed by atoms with Gasteiger partial charge < -0.3 is 24.1 Å². The van der Waals surface area contributed by atoms with E-state index in [1.54, 1.807) is 24.3 Å². The molecule has 0 saturated carbocycles. The Hall–Kier alpha value is -3.21. The normalized spacial score (nSPS) is 12.2. The third-order valence-electron chi connectivity index (χ3n) is 4.73. The van der Waals surface area contributed by atoms with Gasteiger partial charge in [-0.1, -0.05) is 23.2 Å². The lowest BCUT2D eigenvalue weighted by Crippen LogP contribution is -2.31. The van der Waals surface area contributed by atoms with Gasteiger partial charge in [-0.2, -0.15) is 4.98 Å². The number of aromatic amines is 1. The van der Waals surface area contributed by atoms with E-state index in [1.807, 2.05) is 0 Å². The van der Waals surface area contributed by atoms with Gasteiger partial charge in [-0.15, -0.1) is 0 Å². The Morgan fingerprint density at radius 2 is 2.12 bits per heavy atom. The molecule has 4 aromatic rings. The summed E-state index contributed by atoms with van der Waals surface area (Å²) in [5.74, 6) is 1.29. The van der Waals surface area contributed by atoms with Crippen molar-refractivity contribution in [1.82, 2.24) is 19.1 Å². The van der Waals surface area contributed by atoms with Crippen LogP contribution in [0.15, 0.2) is 50.6 Å². The first kappa shape index (κ1) is 22.0. The molecule has 1 unspecified atom stereocenters. The lowest BCUT2D eigenvalue weighted by molar-refractivity contribution is 0.0939. The lowest BCUT2D eigenvalue weighted by Gasteiger charge is -2.16. The highest BCUT2D eigenvalue weighted by Crippen LogP contribution is 2.27. The molecule has 168 valence electrons. The minimum absolute atomic E-state index is 0.0382. The maximum Gasteiger partial charge on any atom is 0.329 e. The molecule has 4 rings (SSSR count). The number of ether oxygens (including phenoxy) is 1. The number of nitrogens with one attached hydrogen (secondary N) is 2. The van der Waals surface area contributed by atoms with Gasteiger partial charge in [0.25, 0.3) is 5.56 Å². The van der Waals surface area contributed by atoms with Crippen LogP contribution in [0.1, 0.15) is 5.76 Å². The molecule has 12 heteroatoms. The molecule has 10 nitrogen and oxygen atoms in total. The van der Waals surface area contributed by atoms with Crippen molar-refractivity contribution in [1.29, 1.82) is 0 Å². The lowest BCUT2D eigenvalue weighted by atomic mass is 10.3. The minimum atomic E-state index is -1.03. The zero-order chi connectivity index (χ0) is 22.8. The number of aliphatic hydroxyl groups excluding tert-OH is 1. The van der Waals surface area contributed by atoms with E-state index >= 15 is 0 Å². The minimum Gasteiger partial charge on any atom is -0.489 e. The molecule has 0 amide bonds. The monoisotopic (exact) mass is 479 g/mol. The summed E-state index contributed by atoms with van der Waals surface area (Å²) in [7, 11) is 1.50.